The summed E-state index contributed by atoms with van der Waals surface area (Å²) in [5, 5.41) is 7.93. The molecule has 25 heavy (non-hydrogen) atoms. The smallest absolute Gasteiger partial charge is 0.504 e. The molecular weight excluding hydrogens is 429 g/mol. The summed E-state index contributed by atoms with van der Waals surface area (Å²) in [7, 11) is 0. The fourth-order valence-corrected chi connectivity index (χ4v) is 0.929. The van der Waals surface area contributed by atoms with E-state index in [0.29, 0.717) is 0 Å². The number of ketones is 1. The van der Waals surface area contributed by atoms with E-state index in [0.717, 1.165) is 0 Å². The van der Waals surface area contributed by atoms with Crippen molar-refractivity contribution in [3.8, 4) is 0 Å². The molecule has 1 N–H and O–H groups in total. The van der Waals surface area contributed by atoms with Gasteiger partial charge in [-0.25, -0.2) is 0 Å². The number of aliphatic hydroxyl groups is 1. The number of rotatable bonds is 1. The zero-order valence-corrected chi connectivity index (χ0v) is 15.4. The minimum Gasteiger partial charge on any atom is -0.504 e. The van der Waals surface area contributed by atoms with Crippen LogP contribution >= 0.6 is 0 Å². The number of alkyl halides is 6. The van der Waals surface area contributed by atoms with Gasteiger partial charge in [0.05, 0.1) is 0 Å². The molecule has 0 amide bonds. The normalized spacial score (nSPS) is 17.1. The summed E-state index contributed by atoms with van der Waals surface area (Å²) in [6.45, 7) is 0. The second-order valence-corrected chi connectivity index (χ2v) is 3.81. The van der Waals surface area contributed by atoms with Gasteiger partial charge < -0.3 is 12.5 Å². The molecule has 2 rings (SSSR count). The van der Waals surface area contributed by atoms with Crippen molar-refractivity contribution in [3.63, 3.8) is 0 Å². The van der Waals surface area contributed by atoms with Crippen molar-refractivity contribution in [2.75, 3.05) is 0 Å². The molecule has 9 heteroatoms. The second-order valence-electron chi connectivity index (χ2n) is 3.81. The Morgan fingerprint density at radius 1 is 0.680 bits per heavy atom. The summed E-state index contributed by atoms with van der Waals surface area (Å²) in [6.07, 6.45) is 8.32. The monoisotopic (exact) mass is 443 g/mol. The summed E-state index contributed by atoms with van der Waals surface area (Å²) < 4.78 is 68.1. The molecule has 0 aromatic rings. The van der Waals surface area contributed by atoms with Crippen LogP contribution in [-0.2, 0) is 31.0 Å². The summed E-state index contributed by atoms with van der Waals surface area (Å²) in [6, 6.07) is 0. The maximum Gasteiger partial charge on any atom is 3.00 e. The van der Waals surface area contributed by atoms with Crippen LogP contribution in [-0.4, -0.2) is 23.2 Å². The number of hydrogen-bond donors (Lipinski definition) is 1. The minimum absolute atomic E-state index is 0. The van der Waals surface area contributed by atoms with E-state index >= 15 is 0 Å². The average Bonchev–Trinajstić information content (AvgIpc) is 3.15. The Labute approximate surface area is 164 Å². The average molecular weight is 445 g/mol. The van der Waals surface area contributed by atoms with Gasteiger partial charge in [0.25, 0.3) is 5.78 Å². The molecule has 0 bridgehead atoms. The Hall–Kier alpha value is -0.327. The second kappa shape index (κ2) is 14.8. The van der Waals surface area contributed by atoms with Crippen LogP contribution in [0.2, 0.25) is 0 Å². The van der Waals surface area contributed by atoms with Gasteiger partial charge in [-0.2, -0.15) is 26.3 Å². The number of carbonyl (C=O) groups excluding carboxylic acids is 1. The summed E-state index contributed by atoms with van der Waals surface area (Å²) in [5.41, 5.74) is 0. The Morgan fingerprint density at radius 2 is 0.920 bits per heavy atom. The molecule has 2 aliphatic rings. The zero-order valence-electron chi connectivity index (χ0n) is 13.0. The van der Waals surface area contributed by atoms with Crippen molar-refractivity contribution in [2.24, 2.45) is 0 Å². The van der Waals surface area contributed by atoms with Gasteiger partial charge in [-0.15, -0.1) is 0 Å². The topological polar surface area (TPSA) is 37.3 Å². The Balaban J connectivity index is -0.000000330. The standard InChI is InChI=1S/C5H2F6O2.2C5H5.CH3.Zr/c6-4(7,8)2(12)1-3(13)5(9,10)11;2*1-2-4-5-3-1;;/h1,12H;2*1-5H;1H3;/q;;;-1;+3/b2-1-;;;;. The van der Waals surface area contributed by atoms with Crippen molar-refractivity contribution >= 4 is 5.78 Å². The molecule has 0 spiro atoms. The minimum atomic E-state index is -5.42. The van der Waals surface area contributed by atoms with Gasteiger partial charge in [-0.05, 0) is 64.2 Å². The molecule has 0 heterocycles. The first-order valence-electron chi connectivity index (χ1n) is 5.97. The zero-order chi connectivity index (χ0) is 17.9. The molecule has 0 atom stereocenters. The van der Waals surface area contributed by atoms with Crippen molar-refractivity contribution in [3.05, 3.63) is 83.5 Å². The Morgan fingerprint density at radius 3 is 1.08 bits per heavy atom. The number of carbonyl (C=O) groups is 1. The van der Waals surface area contributed by atoms with Crippen molar-refractivity contribution in [1.29, 1.82) is 0 Å². The van der Waals surface area contributed by atoms with E-state index in [1.165, 1.54) is 0 Å². The van der Waals surface area contributed by atoms with Gasteiger partial charge in [0, 0.05) is 6.08 Å². The van der Waals surface area contributed by atoms with Gasteiger partial charge in [0.2, 0.25) is 5.76 Å². The molecule has 0 aromatic heterocycles. The van der Waals surface area contributed by atoms with E-state index in [1.807, 2.05) is 64.2 Å². The molecule has 2 saturated carbocycles. The van der Waals surface area contributed by atoms with Crippen LogP contribution in [0.15, 0.2) is 11.8 Å². The maximum atomic E-state index is 11.4. The summed E-state index contributed by atoms with van der Waals surface area (Å²) >= 11 is 0. The maximum absolute atomic E-state index is 11.4. The Bertz CT molecular complexity index is 345. The van der Waals surface area contributed by atoms with Gasteiger partial charge in [0.1, 0.15) is 0 Å². The van der Waals surface area contributed by atoms with Crippen LogP contribution in [0.4, 0.5) is 26.3 Å². The van der Waals surface area contributed by atoms with Gasteiger partial charge >= 0.3 is 38.6 Å². The van der Waals surface area contributed by atoms with Crippen molar-refractivity contribution in [2.45, 2.75) is 12.4 Å². The fourth-order valence-electron chi connectivity index (χ4n) is 0.929. The van der Waals surface area contributed by atoms with E-state index in [1.54, 1.807) is 0 Å². The SMILES string of the molecule is O=C(/C=C(\O)C(F)(F)F)C(F)(F)F.[CH3-].[CH]1[CH][CH][CH][CH]1.[CH]1[CH][CH][CH][CH]1.[Zr+3]. The number of hydrogen-bond acceptors (Lipinski definition) is 2. The van der Waals surface area contributed by atoms with E-state index < -0.39 is 30.0 Å². The quantitative estimate of drug-likeness (QED) is 0.278. The van der Waals surface area contributed by atoms with E-state index in [2.05, 4.69) is 0 Å². The predicted molar refractivity (Wildman–Crippen MR) is 77.2 cm³/mol. The van der Waals surface area contributed by atoms with E-state index in [4.69, 9.17) is 5.11 Å². The molecule has 2 fully saturated rings. The third-order valence-corrected chi connectivity index (χ3v) is 1.95. The number of allylic oxidation sites excluding steroid dienone is 2. The van der Waals surface area contributed by atoms with Crippen LogP contribution in [0.1, 0.15) is 0 Å². The molecule has 0 saturated heterocycles. The molecular formula is C16H15F6O2Zr+2. The first-order chi connectivity index (χ1) is 10.5. The van der Waals surface area contributed by atoms with E-state index in [9.17, 15) is 31.1 Å². The van der Waals surface area contributed by atoms with Crippen molar-refractivity contribution in [1.82, 2.24) is 0 Å². The largest absolute Gasteiger partial charge is 3.00 e. The first kappa shape index (κ1) is 29.4. The number of halogens is 6. The van der Waals surface area contributed by atoms with Crippen LogP contribution in [0.3, 0.4) is 0 Å². The molecule has 0 aliphatic heterocycles. The summed E-state index contributed by atoms with van der Waals surface area (Å²) in [5.74, 6) is -5.34. The molecule has 0 aromatic carbocycles. The van der Waals surface area contributed by atoms with E-state index in [-0.39, 0.29) is 33.6 Å². The third kappa shape index (κ3) is 16.9. The van der Waals surface area contributed by atoms with Crippen LogP contribution in [0.25, 0.3) is 0 Å². The predicted octanol–water partition coefficient (Wildman–Crippen LogP) is 4.61. The van der Waals surface area contributed by atoms with Gasteiger partial charge in [-0.3, -0.25) is 4.79 Å². The third-order valence-electron chi connectivity index (χ3n) is 1.95. The fraction of sp³-hybridized carbons (Fsp3) is 0.125. The molecule has 11 radical (unpaired) electrons. The Kier molecular flexibility index (Phi) is 17.4. The molecule has 135 valence electrons. The van der Waals surface area contributed by atoms with Gasteiger partial charge in [0.15, 0.2) is 0 Å². The van der Waals surface area contributed by atoms with Crippen molar-refractivity contribution < 1.29 is 62.4 Å². The van der Waals surface area contributed by atoms with Gasteiger partial charge in [-0.1, -0.05) is 0 Å². The first-order valence-corrected chi connectivity index (χ1v) is 5.97. The van der Waals surface area contributed by atoms with Crippen LogP contribution < -0.4 is 0 Å². The number of aliphatic hydroxyl groups excluding tert-OH is 1. The summed E-state index contributed by atoms with van der Waals surface area (Å²) in [4.78, 5) is 9.86. The molecule has 0 unspecified atom stereocenters. The van der Waals surface area contributed by atoms with Crippen LogP contribution in [0, 0.1) is 71.6 Å². The van der Waals surface area contributed by atoms with Crippen LogP contribution in [0.5, 0.6) is 0 Å². The molecule has 2 aliphatic carbocycles. The molecule has 2 nitrogen and oxygen atoms in total.